The lowest BCUT2D eigenvalue weighted by Gasteiger charge is -2.31. The van der Waals surface area contributed by atoms with E-state index in [-0.39, 0.29) is 17.7 Å². The maximum atomic E-state index is 13.0. The van der Waals surface area contributed by atoms with Crippen LogP contribution in [-0.2, 0) is 12.8 Å². The number of rotatable bonds is 3. The van der Waals surface area contributed by atoms with Gasteiger partial charge in [-0.2, -0.15) is 0 Å². The Morgan fingerprint density at radius 2 is 1.67 bits per heavy atom. The number of aromatic nitrogens is 1. The monoisotopic (exact) mass is 366 g/mol. The number of benzene rings is 1. The van der Waals surface area contributed by atoms with Crippen molar-refractivity contribution in [2.75, 3.05) is 7.05 Å². The molecule has 0 aliphatic heterocycles. The summed E-state index contributed by atoms with van der Waals surface area (Å²) in [5.41, 5.74) is 2.68. The first-order valence-electron chi connectivity index (χ1n) is 9.75. The molecule has 2 aliphatic carbocycles. The number of aromatic hydroxyl groups is 2. The van der Waals surface area contributed by atoms with Crippen LogP contribution in [0.1, 0.15) is 53.6 Å². The molecule has 4 rings (SSSR count). The molecule has 27 heavy (non-hydrogen) atoms. The van der Waals surface area contributed by atoms with Crippen LogP contribution in [0.3, 0.4) is 0 Å². The molecule has 0 spiro atoms. The fourth-order valence-corrected chi connectivity index (χ4v) is 4.33. The number of fused-ring (bicyclic) bond motifs is 1. The molecule has 0 unspecified atom stereocenters. The van der Waals surface area contributed by atoms with Crippen LogP contribution in [0.15, 0.2) is 36.4 Å². The third-order valence-corrected chi connectivity index (χ3v) is 5.93. The van der Waals surface area contributed by atoms with Crippen molar-refractivity contribution in [3.8, 4) is 17.4 Å². The van der Waals surface area contributed by atoms with Gasteiger partial charge in [0.2, 0.25) is 11.8 Å². The van der Waals surface area contributed by atoms with Crippen LogP contribution in [0.25, 0.3) is 5.69 Å². The number of hydrogen-bond acceptors (Lipinski definition) is 3. The number of amides is 1. The summed E-state index contributed by atoms with van der Waals surface area (Å²) < 4.78 is 1.44. The average molecular weight is 366 g/mol. The highest BCUT2D eigenvalue weighted by Crippen LogP contribution is 2.39. The molecule has 2 aliphatic rings. The van der Waals surface area contributed by atoms with E-state index in [0.717, 1.165) is 24.0 Å². The zero-order valence-corrected chi connectivity index (χ0v) is 15.7. The Hall–Kier alpha value is -2.69. The third kappa shape index (κ3) is 3.11. The van der Waals surface area contributed by atoms with Crippen LogP contribution < -0.4 is 0 Å². The van der Waals surface area contributed by atoms with E-state index < -0.39 is 0 Å². The largest absolute Gasteiger partial charge is 0.494 e. The number of nitrogens with zero attached hydrogens (tertiary/aromatic N) is 2. The highest BCUT2D eigenvalue weighted by Gasteiger charge is 2.26. The third-order valence-electron chi connectivity index (χ3n) is 5.93. The number of allylic oxidation sites excluding steroid dienone is 2. The molecular formula is C22H26N2O3. The standard InChI is InChI=1S/C22H26N2O3/c1-23(16-9-3-2-4-10-16)20(25)15-8-7-11-17(14-15)24-21(26)18-12-5-6-13-19(18)22(24)27/h5-8,11,14,16,26-27H,2-4,9-10,12-13H2,1H3. The predicted octanol–water partition coefficient (Wildman–Crippen LogP) is 3.95. The first-order chi connectivity index (χ1) is 13.1. The Kier molecular flexibility index (Phi) is 4.68. The topological polar surface area (TPSA) is 65.7 Å². The summed E-state index contributed by atoms with van der Waals surface area (Å²) >= 11 is 0. The second-order valence-corrected chi connectivity index (χ2v) is 7.58. The van der Waals surface area contributed by atoms with Crippen molar-refractivity contribution in [1.82, 2.24) is 9.47 Å². The molecule has 0 bridgehead atoms. The molecule has 0 radical (unpaired) electrons. The predicted molar refractivity (Wildman–Crippen MR) is 105 cm³/mol. The molecule has 2 N–H and O–H groups in total. The molecule has 5 nitrogen and oxygen atoms in total. The van der Waals surface area contributed by atoms with Gasteiger partial charge in [-0.05, 0) is 43.9 Å². The van der Waals surface area contributed by atoms with E-state index in [2.05, 4.69) is 0 Å². The number of hydrogen-bond donors (Lipinski definition) is 2. The van der Waals surface area contributed by atoms with Gasteiger partial charge in [-0.1, -0.05) is 37.5 Å². The van der Waals surface area contributed by atoms with Crippen LogP contribution in [0.5, 0.6) is 11.8 Å². The van der Waals surface area contributed by atoms with Crippen molar-refractivity contribution in [3.05, 3.63) is 53.1 Å². The van der Waals surface area contributed by atoms with E-state index in [0.29, 0.717) is 30.1 Å². The van der Waals surface area contributed by atoms with E-state index in [1.807, 2.05) is 24.1 Å². The summed E-state index contributed by atoms with van der Waals surface area (Å²) in [6.45, 7) is 0. The Labute approximate surface area is 159 Å². The summed E-state index contributed by atoms with van der Waals surface area (Å²) in [4.78, 5) is 14.8. The van der Waals surface area contributed by atoms with E-state index in [4.69, 9.17) is 0 Å². The molecule has 1 aromatic heterocycles. The lowest BCUT2D eigenvalue weighted by atomic mass is 9.94. The lowest BCUT2D eigenvalue weighted by molar-refractivity contribution is 0.0696. The molecule has 1 fully saturated rings. The normalized spacial score (nSPS) is 16.9. The number of carbonyl (C=O) groups is 1. The van der Waals surface area contributed by atoms with Crippen LogP contribution >= 0.6 is 0 Å². The van der Waals surface area contributed by atoms with Gasteiger partial charge >= 0.3 is 0 Å². The van der Waals surface area contributed by atoms with Gasteiger partial charge < -0.3 is 15.1 Å². The molecule has 2 aromatic rings. The van der Waals surface area contributed by atoms with Crippen molar-refractivity contribution >= 4 is 5.91 Å². The zero-order chi connectivity index (χ0) is 19.0. The minimum Gasteiger partial charge on any atom is -0.494 e. The molecule has 142 valence electrons. The van der Waals surface area contributed by atoms with E-state index in [9.17, 15) is 15.0 Å². The van der Waals surface area contributed by atoms with Crippen LogP contribution in [-0.4, -0.2) is 38.7 Å². The van der Waals surface area contributed by atoms with Gasteiger partial charge in [0.05, 0.1) is 5.69 Å². The molecule has 1 amide bonds. The molecule has 5 heteroatoms. The lowest BCUT2D eigenvalue weighted by Crippen LogP contribution is -2.38. The molecule has 1 saturated carbocycles. The molecule has 1 aromatic carbocycles. The van der Waals surface area contributed by atoms with Gasteiger partial charge in [0.15, 0.2) is 0 Å². The molecule has 0 atom stereocenters. The van der Waals surface area contributed by atoms with Crippen molar-refractivity contribution in [2.45, 2.75) is 51.0 Å². The van der Waals surface area contributed by atoms with Gasteiger partial charge in [-0.3, -0.25) is 9.36 Å². The Morgan fingerprint density at radius 3 is 2.30 bits per heavy atom. The first kappa shape index (κ1) is 17.7. The highest BCUT2D eigenvalue weighted by atomic mass is 16.3. The summed E-state index contributed by atoms with van der Waals surface area (Å²) in [5.74, 6) is 0.0930. The Balaban J connectivity index is 1.65. The number of carbonyl (C=O) groups excluding carboxylic acids is 1. The first-order valence-corrected chi connectivity index (χ1v) is 9.75. The average Bonchev–Trinajstić information content (AvgIpc) is 2.98. The van der Waals surface area contributed by atoms with Crippen LogP contribution in [0.4, 0.5) is 0 Å². The van der Waals surface area contributed by atoms with E-state index >= 15 is 0 Å². The summed E-state index contributed by atoms with van der Waals surface area (Å²) in [5, 5.41) is 21.3. The highest BCUT2D eigenvalue weighted by molar-refractivity contribution is 5.94. The fraction of sp³-hybridized carbons (Fsp3) is 0.409. The second-order valence-electron chi connectivity index (χ2n) is 7.58. The maximum absolute atomic E-state index is 13.0. The molecule has 0 saturated heterocycles. The fourth-order valence-electron chi connectivity index (χ4n) is 4.33. The van der Waals surface area contributed by atoms with Crippen molar-refractivity contribution in [2.24, 2.45) is 0 Å². The summed E-state index contributed by atoms with van der Waals surface area (Å²) in [6.07, 6.45) is 10.9. The van der Waals surface area contributed by atoms with E-state index in [1.165, 1.54) is 23.8 Å². The minimum atomic E-state index is -0.0127. The van der Waals surface area contributed by atoms with Crippen molar-refractivity contribution in [1.29, 1.82) is 0 Å². The molecule has 1 heterocycles. The van der Waals surface area contributed by atoms with Crippen LogP contribution in [0, 0.1) is 0 Å². The summed E-state index contributed by atoms with van der Waals surface area (Å²) in [6, 6.07) is 7.44. The van der Waals surface area contributed by atoms with Gasteiger partial charge in [0.1, 0.15) is 0 Å². The molecular weight excluding hydrogens is 340 g/mol. The van der Waals surface area contributed by atoms with Crippen molar-refractivity contribution in [3.63, 3.8) is 0 Å². The maximum Gasteiger partial charge on any atom is 0.253 e. The van der Waals surface area contributed by atoms with Gasteiger partial charge in [0, 0.05) is 29.8 Å². The van der Waals surface area contributed by atoms with Gasteiger partial charge in [-0.25, -0.2) is 0 Å². The Bertz CT molecular complexity index is 860. The quantitative estimate of drug-likeness (QED) is 0.809. The Morgan fingerprint density at radius 1 is 1.04 bits per heavy atom. The minimum absolute atomic E-state index is 0.0127. The van der Waals surface area contributed by atoms with Crippen molar-refractivity contribution < 1.29 is 15.0 Å². The zero-order valence-electron chi connectivity index (χ0n) is 15.7. The smallest absolute Gasteiger partial charge is 0.253 e. The summed E-state index contributed by atoms with van der Waals surface area (Å²) in [7, 11) is 1.87. The van der Waals surface area contributed by atoms with E-state index in [1.54, 1.807) is 24.3 Å². The SMILES string of the molecule is CN(C(=O)c1cccc(-n2c(O)c3c(c2O)CC=CC3)c1)C1CCCCC1. The second kappa shape index (κ2) is 7.14. The van der Waals surface area contributed by atoms with Gasteiger partial charge in [-0.15, -0.1) is 0 Å². The van der Waals surface area contributed by atoms with Gasteiger partial charge in [0.25, 0.3) is 5.91 Å². The van der Waals surface area contributed by atoms with Crippen LogP contribution in [0.2, 0.25) is 0 Å².